The summed E-state index contributed by atoms with van der Waals surface area (Å²) in [4.78, 5) is 12.2. The van der Waals surface area contributed by atoms with Crippen LogP contribution in [0.1, 0.15) is 15.9 Å². The average Bonchev–Trinajstić information content (AvgIpc) is 3.02. The number of aromatic nitrogens is 1. The molecule has 0 fully saturated rings. The Kier molecular flexibility index (Phi) is 4.71. The normalized spacial score (nSPS) is 16.7. The van der Waals surface area contributed by atoms with Crippen LogP contribution in [0.3, 0.4) is 0 Å². The lowest BCUT2D eigenvalue weighted by Gasteiger charge is -2.25. The maximum Gasteiger partial charge on any atom is 0.416 e. The number of hydrogen-bond donors (Lipinski definition) is 4. The number of halogens is 3. The van der Waals surface area contributed by atoms with Crippen molar-refractivity contribution in [2.75, 3.05) is 0 Å². The molecule has 5 N–H and O–H groups in total. The molecule has 1 aliphatic rings. The molecule has 0 aliphatic carbocycles. The first kappa shape index (κ1) is 19.9. The molecule has 1 atom stereocenters. The number of nitrogens with two attached hydrogens (primary N) is 1. The van der Waals surface area contributed by atoms with Gasteiger partial charge in [-0.3, -0.25) is 9.99 Å². The van der Waals surface area contributed by atoms with E-state index in [9.17, 15) is 23.1 Å². The summed E-state index contributed by atoms with van der Waals surface area (Å²) in [6.07, 6.45) is -5.55. The predicted molar refractivity (Wildman–Crippen MR) is 109 cm³/mol. The molecule has 0 saturated heterocycles. The Balaban J connectivity index is 2.13. The lowest BCUT2D eigenvalue weighted by molar-refractivity contribution is -0.137. The SMILES string of the molecule is NC1NC(=S)NN=C1n1c(-c2ccccc2)c(C(=O)O)c2cc(C(F)(F)F)ccc21. The number of fused-ring (bicyclic) bond motifs is 1. The number of nitrogens with zero attached hydrogens (tertiary/aromatic N) is 2. The van der Waals surface area contributed by atoms with Crippen LogP contribution in [-0.4, -0.2) is 32.8 Å². The highest BCUT2D eigenvalue weighted by molar-refractivity contribution is 7.80. The standard InChI is InChI=1S/C19H14F3N5O2S/c20-19(21,22)10-6-7-12-11(8-10)13(17(28)29)14(9-4-2-1-3-5-9)27(12)16-15(23)24-18(30)26-25-16/h1-8,15H,23H2,(H,28,29)(H2,24,26,30). The van der Waals surface area contributed by atoms with E-state index >= 15 is 0 Å². The highest BCUT2D eigenvalue weighted by atomic mass is 32.1. The van der Waals surface area contributed by atoms with E-state index in [1.54, 1.807) is 30.3 Å². The molecular weight excluding hydrogens is 419 g/mol. The zero-order chi connectivity index (χ0) is 21.6. The number of hydrogen-bond acceptors (Lipinski definition) is 4. The fourth-order valence-electron chi connectivity index (χ4n) is 3.40. The molecule has 154 valence electrons. The number of carbonyl (C=O) groups is 1. The van der Waals surface area contributed by atoms with Gasteiger partial charge in [0.15, 0.2) is 10.9 Å². The van der Waals surface area contributed by atoms with Crippen LogP contribution in [0.15, 0.2) is 53.6 Å². The molecule has 0 bridgehead atoms. The van der Waals surface area contributed by atoms with Crippen LogP contribution in [0.2, 0.25) is 0 Å². The van der Waals surface area contributed by atoms with Crippen LogP contribution in [0, 0.1) is 0 Å². The van der Waals surface area contributed by atoms with Gasteiger partial charge in [-0.2, -0.15) is 18.3 Å². The van der Waals surface area contributed by atoms with Crippen molar-refractivity contribution in [2.45, 2.75) is 12.3 Å². The molecule has 0 radical (unpaired) electrons. The van der Waals surface area contributed by atoms with Gasteiger partial charge in [-0.1, -0.05) is 30.3 Å². The number of aromatic carboxylic acids is 1. The summed E-state index contributed by atoms with van der Waals surface area (Å²) in [7, 11) is 0. The van der Waals surface area contributed by atoms with Crippen LogP contribution in [0.5, 0.6) is 0 Å². The lowest BCUT2D eigenvalue weighted by Crippen LogP contribution is -2.56. The Hall–Kier alpha value is -3.44. The number of nitrogens with one attached hydrogen (secondary N) is 2. The van der Waals surface area contributed by atoms with Gasteiger partial charge in [0.2, 0.25) is 0 Å². The second kappa shape index (κ2) is 7.11. The van der Waals surface area contributed by atoms with Crippen molar-refractivity contribution in [1.82, 2.24) is 15.3 Å². The van der Waals surface area contributed by atoms with Crippen LogP contribution in [0.25, 0.3) is 22.2 Å². The molecule has 0 saturated carbocycles. The number of hydrazone groups is 1. The first-order chi connectivity index (χ1) is 14.2. The minimum Gasteiger partial charge on any atom is -0.478 e. The van der Waals surface area contributed by atoms with E-state index in [2.05, 4.69) is 15.8 Å². The molecule has 2 heterocycles. The maximum atomic E-state index is 13.3. The topological polar surface area (TPSA) is 105 Å². The Morgan fingerprint density at radius 2 is 1.90 bits per heavy atom. The van der Waals surface area contributed by atoms with E-state index in [0.29, 0.717) is 5.56 Å². The van der Waals surface area contributed by atoms with Gasteiger partial charge < -0.3 is 16.2 Å². The van der Waals surface area contributed by atoms with Crippen molar-refractivity contribution in [2.24, 2.45) is 10.8 Å². The summed E-state index contributed by atoms with van der Waals surface area (Å²) in [5.41, 5.74) is 8.26. The number of rotatable bonds is 2. The van der Waals surface area contributed by atoms with Gasteiger partial charge in [0.25, 0.3) is 0 Å². The molecule has 30 heavy (non-hydrogen) atoms. The van der Waals surface area contributed by atoms with Crippen LogP contribution in [-0.2, 0) is 6.18 Å². The zero-order valence-electron chi connectivity index (χ0n) is 15.1. The molecule has 0 spiro atoms. The molecule has 3 aromatic rings. The minimum absolute atomic E-state index is 0.0840. The minimum atomic E-state index is -4.63. The molecule has 11 heteroatoms. The van der Waals surface area contributed by atoms with Gasteiger partial charge in [-0.15, -0.1) is 0 Å². The molecule has 2 aromatic carbocycles. The predicted octanol–water partition coefficient (Wildman–Crippen LogP) is 2.95. The number of carboxylic acid groups (broad SMARTS) is 1. The summed E-state index contributed by atoms with van der Waals surface area (Å²) in [5, 5.41) is 16.9. The quantitative estimate of drug-likeness (QED) is 0.464. The number of benzene rings is 2. The van der Waals surface area contributed by atoms with E-state index in [-0.39, 0.29) is 33.1 Å². The fraction of sp³-hybridized carbons (Fsp3) is 0.105. The average molecular weight is 433 g/mol. The highest BCUT2D eigenvalue weighted by Gasteiger charge is 2.34. The van der Waals surface area contributed by atoms with Crippen molar-refractivity contribution in [3.05, 3.63) is 59.7 Å². The Morgan fingerprint density at radius 3 is 2.50 bits per heavy atom. The summed E-state index contributed by atoms with van der Waals surface area (Å²) in [6.45, 7) is 0. The Morgan fingerprint density at radius 1 is 1.20 bits per heavy atom. The van der Waals surface area contributed by atoms with Crippen molar-refractivity contribution in [3.8, 4) is 11.3 Å². The van der Waals surface area contributed by atoms with Gasteiger partial charge >= 0.3 is 12.1 Å². The van der Waals surface area contributed by atoms with Gasteiger partial charge in [0.1, 0.15) is 6.17 Å². The summed E-state index contributed by atoms with van der Waals surface area (Å²) in [5.74, 6) is -1.22. The van der Waals surface area contributed by atoms with Gasteiger partial charge in [-0.05, 0) is 36.0 Å². The number of alkyl halides is 3. The molecule has 4 rings (SSSR count). The van der Waals surface area contributed by atoms with Crippen LogP contribution in [0.4, 0.5) is 13.2 Å². The molecular formula is C19H14F3N5O2S. The van der Waals surface area contributed by atoms with E-state index in [1.165, 1.54) is 10.6 Å². The van der Waals surface area contributed by atoms with Crippen molar-refractivity contribution in [3.63, 3.8) is 0 Å². The molecule has 1 aromatic heterocycles. The lowest BCUT2D eigenvalue weighted by atomic mass is 10.0. The van der Waals surface area contributed by atoms with E-state index < -0.39 is 23.9 Å². The van der Waals surface area contributed by atoms with Crippen LogP contribution < -0.4 is 16.5 Å². The summed E-state index contributed by atoms with van der Waals surface area (Å²) in [6, 6.07) is 11.4. The van der Waals surface area contributed by atoms with Crippen molar-refractivity contribution < 1.29 is 23.1 Å². The third-order valence-electron chi connectivity index (χ3n) is 4.62. The van der Waals surface area contributed by atoms with Crippen LogP contribution >= 0.6 is 12.2 Å². The van der Waals surface area contributed by atoms with Gasteiger partial charge in [-0.25, -0.2) is 4.79 Å². The van der Waals surface area contributed by atoms with Crippen molar-refractivity contribution >= 4 is 40.0 Å². The van der Waals surface area contributed by atoms with Gasteiger partial charge in [0, 0.05) is 5.39 Å². The van der Waals surface area contributed by atoms with Crippen molar-refractivity contribution in [1.29, 1.82) is 0 Å². The summed E-state index contributed by atoms with van der Waals surface area (Å²) < 4.78 is 41.4. The smallest absolute Gasteiger partial charge is 0.416 e. The van der Waals surface area contributed by atoms with Gasteiger partial charge in [0.05, 0.1) is 22.3 Å². The molecule has 7 nitrogen and oxygen atoms in total. The second-order valence-corrected chi connectivity index (χ2v) is 6.90. The summed E-state index contributed by atoms with van der Waals surface area (Å²) >= 11 is 4.97. The first-order valence-corrected chi connectivity index (χ1v) is 9.03. The Bertz CT molecular complexity index is 1200. The van der Waals surface area contributed by atoms with E-state index in [1.807, 2.05) is 0 Å². The number of carboxylic acids is 1. The molecule has 1 aliphatic heterocycles. The number of thiocarbonyl (C=S) groups is 1. The molecule has 1 unspecified atom stereocenters. The third kappa shape index (κ3) is 3.27. The second-order valence-electron chi connectivity index (χ2n) is 6.49. The third-order valence-corrected chi connectivity index (χ3v) is 4.83. The fourth-order valence-corrected chi connectivity index (χ4v) is 3.57. The monoisotopic (exact) mass is 433 g/mol. The highest BCUT2D eigenvalue weighted by Crippen LogP contribution is 2.38. The van der Waals surface area contributed by atoms with E-state index in [4.69, 9.17) is 18.0 Å². The zero-order valence-corrected chi connectivity index (χ0v) is 15.9. The van der Waals surface area contributed by atoms with E-state index in [0.717, 1.165) is 12.1 Å². The molecule has 0 amide bonds. The maximum absolute atomic E-state index is 13.3. The Labute approximate surface area is 173 Å². The first-order valence-electron chi connectivity index (χ1n) is 8.63. The largest absolute Gasteiger partial charge is 0.478 e.